The quantitative estimate of drug-likeness (QED) is 0.692. The molecular formula is C7H11N3O3. The van der Waals surface area contributed by atoms with Gasteiger partial charge in [0.15, 0.2) is 0 Å². The van der Waals surface area contributed by atoms with Crippen molar-refractivity contribution in [2.45, 2.75) is 13.8 Å². The topological polar surface area (TPSA) is 66.2 Å². The highest BCUT2D eigenvalue weighted by Gasteiger charge is 2.08. The van der Waals surface area contributed by atoms with Crippen molar-refractivity contribution in [3.05, 3.63) is 6.20 Å². The largest absolute Gasteiger partial charge is 0.476 e. The molecule has 0 N–H and O–H groups in total. The minimum atomic E-state index is -0.555. The van der Waals surface area contributed by atoms with Gasteiger partial charge < -0.3 is 9.47 Å². The van der Waals surface area contributed by atoms with Crippen molar-refractivity contribution in [1.82, 2.24) is 15.0 Å². The molecule has 72 valence electrons. The fourth-order valence-electron chi connectivity index (χ4n) is 0.741. The van der Waals surface area contributed by atoms with Crippen molar-refractivity contribution in [2.75, 3.05) is 13.2 Å². The smallest absolute Gasteiger partial charge is 0.436 e. The number of carbonyl (C=O) groups is 1. The lowest BCUT2D eigenvalue weighted by Crippen LogP contribution is -2.13. The molecule has 0 radical (unpaired) electrons. The van der Waals surface area contributed by atoms with E-state index >= 15 is 0 Å². The number of nitrogens with zero attached hydrogens (tertiary/aromatic N) is 3. The molecule has 0 spiro atoms. The van der Waals surface area contributed by atoms with Gasteiger partial charge in [0.2, 0.25) is 0 Å². The van der Waals surface area contributed by atoms with E-state index in [1.54, 1.807) is 6.92 Å². The van der Waals surface area contributed by atoms with Crippen LogP contribution in [0.15, 0.2) is 6.20 Å². The molecule has 0 aliphatic heterocycles. The predicted octanol–water partition coefficient (Wildman–Crippen LogP) is 0.681. The molecule has 1 aromatic rings. The van der Waals surface area contributed by atoms with Crippen LogP contribution in [0.3, 0.4) is 0 Å². The van der Waals surface area contributed by atoms with Crippen molar-refractivity contribution in [1.29, 1.82) is 0 Å². The van der Waals surface area contributed by atoms with Crippen LogP contribution in [-0.2, 0) is 4.74 Å². The Kier molecular flexibility index (Phi) is 3.24. The monoisotopic (exact) mass is 185 g/mol. The maximum atomic E-state index is 11.0. The van der Waals surface area contributed by atoms with Crippen molar-refractivity contribution in [2.24, 2.45) is 0 Å². The lowest BCUT2D eigenvalue weighted by molar-refractivity contribution is 0.149. The van der Waals surface area contributed by atoms with Gasteiger partial charge in [-0.3, -0.25) is 0 Å². The van der Waals surface area contributed by atoms with Crippen LogP contribution in [0.5, 0.6) is 5.88 Å². The van der Waals surface area contributed by atoms with Crippen LogP contribution in [0.4, 0.5) is 4.79 Å². The minimum Gasteiger partial charge on any atom is -0.476 e. The van der Waals surface area contributed by atoms with Gasteiger partial charge in [0, 0.05) is 0 Å². The first-order valence-electron chi connectivity index (χ1n) is 4.00. The zero-order chi connectivity index (χ0) is 9.68. The Labute approximate surface area is 75.4 Å². The summed E-state index contributed by atoms with van der Waals surface area (Å²) in [5.41, 5.74) is 0. The molecule has 0 fully saturated rings. The zero-order valence-electron chi connectivity index (χ0n) is 7.56. The van der Waals surface area contributed by atoms with E-state index in [4.69, 9.17) is 4.74 Å². The molecule has 0 saturated carbocycles. The highest BCUT2D eigenvalue weighted by atomic mass is 16.6. The Morgan fingerprint density at radius 2 is 2.31 bits per heavy atom. The van der Waals surface area contributed by atoms with Gasteiger partial charge in [0.25, 0.3) is 5.88 Å². The van der Waals surface area contributed by atoms with Gasteiger partial charge in [-0.1, -0.05) is 10.3 Å². The number of hydrogen-bond acceptors (Lipinski definition) is 5. The Morgan fingerprint density at radius 3 is 2.92 bits per heavy atom. The molecule has 0 aliphatic rings. The first-order chi connectivity index (χ1) is 6.27. The second-order valence-electron chi connectivity index (χ2n) is 2.13. The van der Waals surface area contributed by atoms with Crippen molar-refractivity contribution in [3.63, 3.8) is 0 Å². The second-order valence-corrected chi connectivity index (χ2v) is 2.13. The standard InChI is InChI=1S/C7H11N3O3/c1-3-12-6-5-10(9-8-6)7(11)13-4-2/h5H,3-4H2,1-2H3. The number of rotatable bonds is 3. The molecule has 0 atom stereocenters. The normalized spacial score (nSPS) is 9.69. The first-order valence-corrected chi connectivity index (χ1v) is 4.00. The Morgan fingerprint density at radius 1 is 1.54 bits per heavy atom. The van der Waals surface area contributed by atoms with Crippen molar-refractivity contribution < 1.29 is 14.3 Å². The van der Waals surface area contributed by atoms with Gasteiger partial charge in [0.1, 0.15) is 6.20 Å². The summed E-state index contributed by atoms with van der Waals surface area (Å²) < 4.78 is 10.7. The summed E-state index contributed by atoms with van der Waals surface area (Å²) in [5.74, 6) is 0.315. The number of hydrogen-bond donors (Lipinski definition) is 0. The van der Waals surface area contributed by atoms with E-state index in [0.29, 0.717) is 19.1 Å². The minimum absolute atomic E-state index is 0.308. The second kappa shape index (κ2) is 4.44. The molecule has 1 heterocycles. The van der Waals surface area contributed by atoms with Gasteiger partial charge in [-0.05, 0) is 13.8 Å². The van der Waals surface area contributed by atoms with E-state index in [0.717, 1.165) is 4.68 Å². The van der Waals surface area contributed by atoms with Gasteiger partial charge in [-0.15, -0.1) is 4.68 Å². The van der Waals surface area contributed by atoms with E-state index in [9.17, 15) is 4.79 Å². The molecule has 0 bridgehead atoms. The Hall–Kier alpha value is -1.59. The molecule has 0 aromatic carbocycles. The summed E-state index contributed by atoms with van der Waals surface area (Å²) in [6.45, 7) is 4.34. The van der Waals surface area contributed by atoms with Crippen LogP contribution < -0.4 is 4.74 Å². The first kappa shape index (κ1) is 9.50. The third-order valence-corrected chi connectivity index (χ3v) is 1.22. The Bertz CT molecular complexity index is 284. The predicted molar refractivity (Wildman–Crippen MR) is 43.6 cm³/mol. The molecule has 13 heavy (non-hydrogen) atoms. The lowest BCUT2D eigenvalue weighted by Gasteiger charge is -1.97. The third kappa shape index (κ3) is 2.43. The van der Waals surface area contributed by atoms with E-state index in [2.05, 4.69) is 15.0 Å². The van der Waals surface area contributed by atoms with E-state index < -0.39 is 6.09 Å². The number of carbonyl (C=O) groups excluding carboxylic acids is 1. The summed E-state index contributed by atoms with van der Waals surface area (Å²) in [6, 6.07) is 0. The van der Waals surface area contributed by atoms with Gasteiger partial charge in [0.05, 0.1) is 13.2 Å². The highest BCUT2D eigenvalue weighted by Crippen LogP contribution is 2.02. The summed E-state index contributed by atoms with van der Waals surface area (Å²) in [7, 11) is 0. The molecule has 0 amide bonds. The highest BCUT2D eigenvalue weighted by molar-refractivity contribution is 5.69. The molecule has 6 nitrogen and oxygen atoms in total. The van der Waals surface area contributed by atoms with Crippen LogP contribution in [0.1, 0.15) is 13.8 Å². The van der Waals surface area contributed by atoms with Crippen LogP contribution >= 0.6 is 0 Å². The lowest BCUT2D eigenvalue weighted by atomic mass is 10.8. The maximum absolute atomic E-state index is 11.0. The van der Waals surface area contributed by atoms with Gasteiger partial charge >= 0.3 is 6.09 Å². The summed E-state index contributed by atoms with van der Waals surface area (Å²) in [5, 5.41) is 7.12. The average molecular weight is 185 g/mol. The fourth-order valence-corrected chi connectivity index (χ4v) is 0.741. The van der Waals surface area contributed by atoms with E-state index in [-0.39, 0.29) is 0 Å². The third-order valence-electron chi connectivity index (χ3n) is 1.22. The summed E-state index contributed by atoms with van der Waals surface area (Å²) >= 11 is 0. The van der Waals surface area contributed by atoms with Crippen LogP contribution in [0.25, 0.3) is 0 Å². The summed E-state index contributed by atoms with van der Waals surface area (Å²) in [4.78, 5) is 11.0. The van der Waals surface area contributed by atoms with Crippen molar-refractivity contribution >= 4 is 6.09 Å². The molecule has 1 aromatic heterocycles. The van der Waals surface area contributed by atoms with E-state index in [1.807, 2.05) is 6.92 Å². The molecule has 6 heteroatoms. The maximum Gasteiger partial charge on any atom is 0.436 e. The molecule has 1 rings (SSSR count). The molecular weight excluding hydrogens is 174 g/mol. The van der Waals surface area contributed by atoms with Crippen LogP contribution in [-0.4, -0.2) is 34.3 Å². The Balaban J connectivity index is 2.62. The van der Waals surface area contributed by atoms with E-state index in [1.165, 1.54) is 6.20 Å². The molecule has 0 unspecified atom stereocenters. The van der Waals surface area contributed by atoms with Gasteiger partial charge in [-0.25, -0.2) is 4.79 Å². The van der Waals surface area contributed by atoms with Gasteiger partial charge in [-0.2, -0.15) is 0 Å². The molecule has 0 aliphatic carbocycles. The van der Waals surface area contributed by atoms with Crippen molar-refractivity contribution in [3.8, 4) is 5.88 Å². The summed E-state index contributed by atoms with van der Waals surface area (Å²) in [6.07, 6.45) is 0.822. The average Bonchev–Trinajstić information content (AvgIpc) is 2.54. The van der Waals surface area contributed by atoms with Crippen LogP contribution in [0.2, 0.25) is 0 Å². The fraction of sp³-hybridized carbons (Fsp3) is 0.571. The SMILES string of the molecule is CCOC(=O)n1cc(OCC)nn1. The molecule has 0 saturated heterocycles. The zero-order valence-corrected chi connectivity index (χ0v) is 7.56. The number of aromatic nitrogens is 3. The number of ether oxygens (including phenoxy) is 2. The van der Waals surface area contributed by atoms with Crippen LogP contribution in [0, 0.1) is 0 Å².